The molecule has 0 radical (unpaired) electrons. The maximum atomic E-state index is 12.8. The fourth-order valence-electron chi connectivity index (χ4n) is 3.47. The largest absolute Gasteiger partial charge is 0.481 e. The van der Waals surface area contributed by atoms with Gasteiger partial charge in [0.2, 0.25) is 5.91 Å². The van der Waals surface area contributed by atoms with Gasteiger partial charge in [0.15, 0.2) is 0 Å². The van der Waals surface area contributed by atoms with Crippen molar-refractivity contribution in [3.63, 3.8) is 0 Å². The van der Waals surface area contributed by atoms with Gasteiger partial charge >= 0.3 is 5.97 Å². The summed E-state index contributed by atoms with van der Waals surface area (Å²) in [5.41, 5.74) is 2.57. The van der Waals surface area contributed by atoms with E-state index in [1.807, 2.05) is 37.3 Å². The summed E-state index contributed by atoms with van der Waals surface area (Å²) < 4.78 is 5.12. The molecule has 25 heavy (non-hydrogen) atoms. The first kappa shape index (κ1) is 17.2. The van der Waals surface area contributed by atoms with Gasteiger partial charge in [-0.25, -0.2) is 0 Å². The van der Waals surface area contributed by atoms with Crippen LogP contribution in [0.2, 0.25) is 0 Å². The normalized spacial score (nSPS) is 20.5. The third kappa shape index (κ3) is 3.73. The van der Waals surface area contributed by atoms with Gasteiger partial charge in [-0.05, 0) is 25.8 Å². The van der Waals surface area contributed by atoms with Crippen LogP contribution in [0.5, 0.6) is 0 Å². The average Bonchev–Trinajstić information content (AvgIpc) is 2.94. The highest BCUT2D eigenvalue weighted by Gasteiger charge is 2.34. The Labute approximate surface area is 146 Å². The number of carboxylic acid groups (broad SMARTS) is 1. The number of nitrogens with zero attached hydrogens (tertiary/aromatic N) is 2. The van der Waals surface area contributed by atoms with Crippen LogP contribution < -0.4 is 0 Å². The van der Waals surface area contributed by atoms with Gasteiger partial charge < -0.3 is 14.5 Å². The lowest BCUT2D eigenvalue weighted by Crippen LogP contribution is -2.46. The van der Waals surface area contributed by atoms with Gasteiger partial charge in [-0.1, -0.05) is 35.5 Å². The first-order valence-electron chi connectivity index (χ1n) is 8.43. The SMILES string of the molecule is Cc1noc(C)c1CC(=O)N1C[C@@H](C(=O)O)C[C@@H](c2ccccc2)C1. The first-order valence-corrected chi connectivity index (χ1v) is 8.43. The minimum atomic E-state index is -0.851. The molecule has 132 valence electrons. The number of benzene rings is 1. The summed E-state index contributed by atoms with van der Waals surface area (Å²) in [6.07, 6.45) is 0.740. The molecule has 1 aliphatic rings. The maximum absolute atomic E-state index is 12.8. The predicted octanol–water partition coefficient (Wildman–Crippen LogP) is 2.55. The topological polar surface area (TPSA) is 83.6 Å². The molecule has 3 rings (SSSR count). The summed E-state index contributed by atoms with van der Waals surface area (Å²) in [7, 11) is 0. The Morgan fingerprint density at radius 1 is 1.24 bits per heavy atom. The summed E-state index contributed by atoms with van der Waals surface area (Å²) >= 11 is 0. The summed E-state index contributed by atoms with van der Waals surface area (Å²) in [6.45, 7) is 4.38. The van der Waals surface area contributed by atoms with Gasteiger partial charge in [0.25, 0.3) is 0 Å². The van der Waals surface area contributed by atoms with Crippen LogP contribution in [0.15, 0.2) is 34.9 Å². The smallest absolute Gasteiger partial charge is 0.308 e. The molecule has 0 saturated carbocycles. The summed E-state index contributed by atoms with van der Waals surface area (Å²) in [5.74, 6) is -0.813. The van der Waals surface area contributed by atoms with Gasteiger partial charge in [0, 0.05) is 24.6 Å². The number of amides is 1. The minimum Gasteiger partial charge on any atom is -0.481 e. The van der Waals surface area contributed by atoms with Crippen LogP contribution in [-0.2, 0) is 16.0 Å². The highest BCUT2D eigenvalue weighted by atomic mass is 16.5. The van der Waals surface area contributed by atoms with Crippen molar-refractivity contribution in [2.24, 2.45) is 5.92 Å². The van der Waals surface area contributed by atoms with Crippen LogP contribution in [0, 0.1) is 19.8 Å². The molecule has 1 N–H and O–H groups in total. The van der Waals surface area contributed by atoms with E-state index in [0.29, 0.717) is 24.4 Å². The monoisotopic (exact) mass is 342 g/mol. The van der Waals surface area contributed by atoms with Crippen molar-refractivity contribution in [3.8, 4) is 0 Å². The number of piperidine rings is 1. The Bertz CT molecular complexity index is 749. The molecule has 0 aliphatic carbocycles. The van der Waals surface area contributed by atoms with Crippen molar-refractivity contribution in [3.05, 3.63) is 52.9 Å². The van der Waals surface area contributed by atoms with Crippen LogP contribution in [0.4, 0.5) is 0 Å². The highest BCUT2D eigenvalue weighted by Crippen LogP contribution is 2.31. The van der Waals surface area contributed by atoms with Gasteiger partial charge in [-0.15, -0.1) is 0 Å². The molecule has 0 bridgehead atoms. The first-order chi connectivity index (χ1) is 12.0. The van der Waals surface area contributed by atoms with E-state index >= 15 is 0 Å². The number of hydrogen-bond acceptors (Lipinski definition) is 4. The van der Waals surface area contributed by atoms with Gasteiger partial charge in [0.05, 0.1) is 18.0 Å². The number of aryl methyl sites for hydroxylation is 2. The lowest BCUT2D eigenvalue weighted by Gasteiger charge is -2.36. The molecule has 6 heteroatoms. The fourth-order valence-corrected chi connectivity index (χ4v) is 3.47. The molecule has 1 saturated heterocycles. The number of carboxylic acids is 1. The van der Waals surface area contributed by atoms with Crippen molar-refractivity contribution >= 4 is 11.9 Å². The summed E-state index contributed by atoms with van der Waals surface area (Å²) in [4.78, 5) is 26.0. The summed E-state index contributed by atoms with van der Waals surface area (Å²) in [6, 6.07) is 9.80. The number of carbonyl (C=O) groups is 2. The van der Waals surface area contributed by atoms with Crippen LogP contribution in [0.1, 0.15) is 34.9 Å². The van der Waals surface area contributed by atoms with E-state index in [1.165, 1.54) is 0 Å². The zero-order chi connectivity index (χ0) is 18.0. The van der Waals surface area contributed by atoms with E-state index in [-0.39, 0.29) is 24.8 Å². The second kappa shape index (κ2) is 7.09. The standard InChI is InChI=1S/C19H22N2O4/c1-12-17(13(2)25-20-12)9-18(22)21-10-15(8-16(11-21)19(23)24)14-6-4-3-5-7-14/h3-7,15-16H,8-11H2,1-2H3,(H,23,24)/t15-,16+/m1/s1. The molecule has 0 unspecified atom stereocenters. The molecule has 2 aromatic rings. The maximum Gasteiger partial charge on any atom is 0.308 e. The summed E-state index contributed by atoms with van der Waals surface area (Å²) in [5, 5.41) is 13.4. The zero-order valence-corrected chi connectivity index (χ0v) is 14.4. The van der Waals surface area contributed by atoms with Crippen LogP contribution in [-0.4, -0.2) is 40.1 Å². The third-order valence-electron chi connectivity index (χ3n) is 4.93. The van der Waals surface area contributed by atoms with Crippen molar-refractivity contribution in [2.75, 3.05) is 13.1 Å². The number of aliphatic carboxylic acids is 1. The molecule has 1 fully saturated rings. The highest BCUT2D eigenvalue weighted by molar-refractivity contribution is 5.80. The number of rotatable bonds is 4. The second-order valence-corrected chi connectivity index (χ2v) is 6.66. The number of aromatic nitrogens is 1. The second-order valence-electron chi connectivity index (χ2n) is 6.66. The molecular weight excluding hydrogens is 320 g/mol. The Morgan fingerprint density at radius 2 is 1.96 bits per heavy atom. The molecule has 2 atom stereocenters. The van der Waals surface area contributed by atoms with Gasteiger partial charge in [-0.3, -0.25) is 9.59 Å². The van der Waals surface area contributed by atoms with Crippen molar-refractivity contribution in [2.45, 2.75) is 32.6 Å². The van der Waals surface area contributed by atoms with E-state index in [2.05, 4.69) is 5.16 Å². The molecule has 1 amide bonds. The third-order valence-corrected chi connectivity index (χ3v) is 4.93. The average molecular weight is 342 g/mol. The Morgan fingerprint density at radius 3 is 2.56 bits per heavy atom. The lowest BCUT2D eigenvalue weighted by molar-refractivity contribution is -0.146. The number of hydrogen-bond donors (Lipinski definition) is 1. The van der Waals surface area contributed by atoms with E-state index in [4.69, 9.17) is 4.52 Å². The van der Waals surface area contributed by atoms with E-state index in [0.717, 1.165) is 11.1 Å². The molecule has 6 nitrogen and oxygen atoms in total. The van der Waals surface area contributed by atoms with Crippen LogP contribution >= 0.6 is 0 Å². The van der Waals surface area contributed by atoms with Crippen molar-refractivity contribution in [1.82, 2.24) is 10.1 Å². The van der Waals surface area contributed by atoms with Crippen LogP contribution in [0.3, 0.4) is 0 Å². The lowest BCUT2D eigenvalue weighted by atomic mass is 9.84. The van der Waals surface area contributed by atoms with E-state index in [9.17, 15) is 14.7 Å². The van der Waals surface area contributed by atoms with Gasteiger partial charge in [-0.2, -0.15) is 0 Å². The van der Waals surface area contributed by atoms with E-state index in [1.54, 1.807) is 11.8 Å². The quantitative estimate of drug-likeness (QED) is 0.923. The molecule has 0 spiro atoms. The molecule has 1 aliphatic heterocycles. The molecule has 2 heterocycles. The van der Waals surface area contributed by atoms with E-state index < -0.39 is 11.9 Å². The fraction of sp³-hybridized carbons (Fsp3) is 0.421. The Kier molecular flexibility index (Phi) is 4.88. The van der Waals surface area contributed by atoms with Gasteiger partial charge in [0.1, 0.15) is 5.76 Å². The van der Waals surface area contributed by atoms with Crippen molar-refractivity contribution < 1.29 is 19.2 Å². The molecule has 1 aromatic carbocycles. The molecular formula is C19H22N2O4. The van der Waals surface area contributed by atoms with Crippen LogP contribution in [0.25, 0.3) is 0 Å². The number of likely N-dealkylation sites (tertiary alicyclic amines) is 1. The minimum absolute atomic E-state index is 0.0321. The predicted molar refractivity (Wildman–Crippen MR) is 91.2 cm³/mol. The van der Waals surface area contributed by atoms with Crippen molar-refractivity contribution in [1.29, 1.82) is 0 Å². The Hall–Kier alpha value is -2.63. The zero-order valence-electron chi connectivity index (χ0n) is 14.4. The number of carbonyl (C=O) groups excluding carboxylic acids is 1. The molecule has 1 aromatic heterocycles. The Balaban J connectivity index is 1.79.